The molecule has 1 aromatic carbocycles. The first-order valence-electron chi connectivity index (χ1n) is 4.04. The molecular weight excluding hydrogens is 248 g/mol. The molecule has 0 aliphatic rings. The fraction of sp³-hybridized carbons (Fsp3) is 0.222. The first-order chi connectivity index (χ1) is 6.74. The van der Waals surface area contributed by atoms with E-state index in [1.54, 1.807) is 0 Å². The number of nitrogens with one attached hydrogen (secondary N) is 1. The van der Waals surface area contributed by atoms with E-state index in [4.69, 9.17) is 10.6 Å². The van der Waals surface area contributed by atoms with Crippen molar-refractivity contribution in [2.45, 2.75) is 6.61 Å². The number of hydrogen-bond donors (Lipinski definition) is 2. The van der Waals surface area contributed by atoms with Crippen molar-refractivity contribution in [1.82, 2.24) is 5.43 Å². The van der Waals surface area contributed by atoms with Gasteiger partial charge in [-0.15, -0.1) is 0 Å². The number of rotatable bonds is 4. The van der Waals surface area contributed by atoms with Crippen LogP contribution in [0.3, 0.4) is 0 Å². The van der Waals surface area contributed by atoms with Crippen LogP contribution in [-0.2, 0) is 16.1 Å². The molecule has 0 aliphatic heterocycles. The number of hydrazine groups is 1. The fourth-order valence-corrected chi connectivity index (χ4v) is 1.31. The molecule has 1 aromatic rings. The molecule has 4 nitrogen and oxygen atoms in total. The third kappa shape index (κ3) is 3.45. The summed E-state index contributed by atoms with van der Waals surface area (Å²) >= 11 is 3.38. The van der Waals surface area contributed by atoms with Crippen molar-refractivity contribution in [2.75, 3.05) is 6.61 Å². The number of nitrogens with two attached hydrogens (primary N) is 1. The van der Waals surface area contributed by atoms with Crippen molar-refractivity contribution in [1.29, 1.82) is 0 Å². The van der Waals surface area contributed by atoms with Gasteiger partial charge in [-0.3, -0.25) is 10.2 Å². The highest BCUT2D eigenvalue weighted by atomic mass is 79.9. The van der Waals surface area contributed by atoms with Gasteiger partial charge in [0.05, 0.1) is 6.61 Å². The number of halogens is 1. The van der Waals surface area contributed by atoms with Gasteiger partial charge in [0, 0.05) is 4.47 Å². The molecular formula is C9H11BrN2O2. The van der Waals surface area contributed by atoms with Crippen molar-refractivity contribution in [2.24, 2.45) is 5.84 Å². The normalized spacial score (nSPS) is 9.86. The summed E-state index contributed by atoms with van der Waals surface area (Å²) in [6.45, 7) is 0.354. The summed E-state index contributed by atoms with van der Waals surface area (Å²) in [6, 6.07) is 7.67. The molecule has 1 rings (SSSR count). The predicted octanol–water partition coefficient (Wildman–Crippen LogP) is 0.956. The minimum absolute atomic E-state index is 0.0299. The topological polar surface area (TPSA) is 64.3 Å². The smallest absolute Gasteiger partial charge is 0.259 e. The fourth-order valence-electron chi connectivity index (χ4n) is 0.911. The number of ether oxygens (including phenoxy) is 1. The zero-order chi connectivity index (χ0) is 10.4. The average Bonchev–Trinajstić information content (AvgIpc) is 2.20. The Kier molecular flexibility index (Phi) is 4.58. The molecule has 0 aromatic heterocycles. The van der Waals surface area contributed by atoms with Crippen molar-refractivity contribution in [3.63, 3.8) is 0 Å². The van der Waals surface area contributed by atoms with Crippen LogP contribution in [0.2, 0.25) is 0 Å². The van der Waals surface area contributed by atoms with E-state index in [9.17, 15) is 4.79 Å². The van der Waals surface area contributed by atoms with E-state index in [0.29, 0.717) is 6.61 Å². The summed E-state index contributed by atoms with van der Waals surface area (Å²) in [5.41, 5.74) is 2.99. The van der Waals surface area contributed by atoms with Crippen molar-refractivity contribution in [3.8, 4) is 0 Å². The maximum absolute atomic E-state index is 10.7. The molecule has 14 heavy (non-hydrogen) atoms. The maximum Gasteiger partial charge on any atom is 0.259 e. The molecule has 0 unspecified atom stereocenters. The van der Waals surface area contributed by atoms with Crippen LogP contribution in [0.1, 0.15) is 5.56 Å². The Hall–Kier alpha value is -0.910. The molecule has 0 bridgehead atoms. The SMILES string of the molecule is NNC(=O)COCc1ccccc1Br. The second kappa shape index (κ2) is 5.74. The average molecular weight is 259 g/mol. The third-order valence-electron chi connectivity index (χ3n) is 1.61. The van der Waals surface area contributed by atoms with Gasteiger partial charge in [-0.25, -0.2) is 5.84 Å². The van der Waals surface area contributed by atoms with Crippen LogP contribution >= 0.6 is 15.9 Å². The first-order valence-corrected chi connectivity index (χ1v) is 4.84. The predicted molar refractivity (Wildman–Crippen MR) is 56.1 cm³/mol. The summed E-state index contributed by atoms with van der Waals surface area (Å²) in [5.74, 6) is 4.56. The molecule has 0 spiro atoms. The molecule has 0 saturated heterocycles. The molecule has 3 N–H and O–H groups in total. The van der Waals surface area contributed by atoms with Crippen LogP contribution in [0.4, 0.5) is 0 Å². The summed E-state index contributed by atoms with van der Waals surface area (Å²) in [5, 5.41) is 0. The lowest BCUT2D eigenvalue weighted by molar-refractivity contribution is -0.126. The van der Waals surface area contributed by atoms with Gasteiger partial charge in [0.1, 0.15) is 6.61 Å². The van der Waals surface area contributed by atoms with Crippen LogP contribution < -0.4 is 11.3 Å². The van der Waals surface area contributed by atoms with E-state index >= 15 is 0 Å². The Morgan fingerprint density at radius 3 is 2.86 bits per heavy atom. The van der Waals surface area contributed by atoms with E-state index in [1.165, 1.54) is 0 Å². The van der Waals surface area contributed by atoms with Gasteiger partial charge in [0.2, 0.25) is 0 Å². The van der Waals surface area contributed by atoms with Crippen LogP contribution in [0.5, 0.6) is 0 Å². The van der Waals surface area contributed by atoms with Crippen LogP contribution in [0, 0.1) is 0 Å². The molecule has 1 amide bonds. The summed E-state index contributed by atoms with van der Waals surface area (Å²) in [6.07, 6.45) is 0. The molecule has 0 saturated carbocycles. The van der Waals surface area contributed by atoms with Crippen molar-refractivity contribution in [3.05, 3.63) is 34.3 Å². The molecule has 0 aliphatic carbocycles. The van der Waals surface area contributed by atoms with Gasteiger partial charge in [-0.2, -0.15) is 0 Å². The number of amides is 1. The highest BCUT2D eigenvalue weighted by molar-refractivity contribution is 9.10. The lowest BCUT2D eigenvalue weighted by Gasteiger charge is -2.04. The van der Waals surface area contributed by atoms with Gasteiger partial charge in [-0.1, -0.05) is 34.1 Å². The highest BCUT2D eigenvalue weighted by Gasteiger charge is 2.01. The number of benzene rings is 1. The first kappa shape index (κ1) is 11.2. The molecule has 5 heteroatoms. The quantitative estimate of drug-likeness (QED) is 0.481. The Morgan fingerprint density at radius 2 is 2.21 bits per heavy atom. The Morgan fingerprint density at radius 1 is 1.50 bits per heavy atom. The largest absolute Gasteiger partial charge is 0.367 e. The highest BCUT2D eigenvalue weighted by Crippen LogP contribution is 2.16. The van der Waals surface area contributed by atoms with Gasteiger partial charge in [-0.05, 0) is 11.6 Å². The number of hydrogen-bond acceptors (Lipinski definition) is 3. The maximum atomic E-state index is 10.7. The van der Waals surface area contributed by atoms with Gasteiger partial charge >= 0.3 is 0 Å². The van der Waals surface area contributed by atoms with E-state index in [2.05, 4.69) is 15.9 Å². The molecule has 0 heterocycles. The van der Waals surface area contributed by atoms with Crippen LogP contribution in [0.25, 0.3) is 0 Å². The number of carbonyl (C=O) groups excluding carboxylic acids is 1. The molecule has 0 radical (unpaired) electrons. The van der Waals surface area contributed by atoms with Crippen LogP contribution in [0.15, 0.2) is 28.7 Å². The second-order valence-corrected chi connectivity index (χ2v) is 3.51. The van der Waals surface area contributed by atoms with Gasteiger partial charge < -0.3 is 4.74 Å². The number of carbonyl (C=O) groups is 1. The standard InChI is InChI=1S/C9H11BrN2O2/c10-8-4-2-1-3-7(8)5-14-6-9(13)12-11/h1-4H,5-6,11H2,(H,12,13). The van der Waals surface area contributed by atoms with E-state index in [0.717, 1.165) is 10.0 Å². The zero-order valence-corrected chi connectivity index (χ0v) is 9.08. The van der Waals surface area contributed by atoms with Gasteiger partial charge in [0.25, 0.3) is 5.91 Å². The Labute approximate surface area is 90.5 Å². The van der Waals surface area contributed by atoms with Crippen molar-refractivity contribution >= 4 is 21.8 Å². The van der Waals surface area contributed by atoms with Gasteiger partial charge in [0.15, 0.2) is 0 Å². The molecule has 0 fully saturated rings. The zero-order valence-electron chi connectivity index (χ0n) is 7.50. The lowest BCUT2D eigenvalue weighted by Crippen LogP contribution is -2.33. The minimum atomic E-state index is -0.336. The minimum Gasteiger partial charge on any atom is -0.367 e. The monoisotopic (exact) mass is 258 g/mol. The van der Waals surface area contributed by atoms with E-state index in [-0.39, 0.29) is 12.5 Å². The third-order valence-corrected chi connectivity index (χ3v) is 2.38. The van der Waals surface area contributed by atoms with E-state index < -0.39 is 0 Å². The molecule has 0 atom stereocenters. The lowest BCUT2D eigenvalue weighted by atomic mass is 10.2. The summed E-state index contributed by atoms with van der Waals surface area (Å²) in [4.78, 5) is 10.7. The second-order valence-electron chi connectivity index (χ2n) is 2.65. The Balaban J connectivity index is 2.39. The van der Waals surface area contributed by atoms with E-state index in [1.807, 2.05) is 29.7 Å². The molecule has 76 valence electrons. The Bertz CT molecular complexity index is 317. The van der Waals surface area contributed by atoms with Crippen LogP contribution in [-0.4, -0.2) is 12.5 Å². The van der Waals surface area contributed by atoms with Crippen molar-refractivity contribution < 1.29 is 9.53 Å². The summed E-state index contributed by atoms with van der Waals surface area (Å²) in [7, 11) is 0. The summed E-state index contributed by atoms with van der Waals surface area (Å²) < 4.78 is 6.10.